The van der Waals surface area contributed by atoms with Gasteiger partial charge in [0.25, 0.3) is 0 Å². The van der Waals surface area contributed by atoms with Crippen molar-refractivity contribution in [1.29, 1.82) is 0 Å². The highest BCUT2D eigenvalue weighted by Crippen LogP contribution is 2.33. The van der Waals surface area contributed by atoms with Gasteiger partial charge in [-0.25, -0.2) is 0 Å². The number of anilines is 1. The monoisotopic (exact) mass is 262 g/mol. The molecule has 1 aliphatic rings. The van der Waals surface area contributed by atoms with E-state index in [1.165, 1.54) is 0 Å². The first-order valence-electron chi connectivity index (χ1n) is 6.84. The Labute approximate surface area is 114 Å². The van der Waals surface area contributed by atoms with Crippen LogP contribution in [0, 0.1) is 6.92 Å². The predicted molar refractivity (Wildman–Crippen MR) is 76.4 cm³/mol. The van der Waals surface area contributed by atoms with Crippen LogP contribution in [0.4, 0.5) is 5.69 Å². The summed E-state index contributed by atoms with van der Waals surface area (Å²) in [6.45, 7) is 4.50. The van der Waals surface area contributed by atoms with E-state index in [0.717, 1.165) is 36.3 Å². The molecule has 104 valence electrons. The number of hydrogen-bond acceptors (Lipinski definition) is 3. The fourth-order valence-corrected chi connectivity index (χ4v) is 2.33. The average Bonchev–Trinajstić information content (AvgIpc) is 2.31. The van der Waals surface area contributed by atoms with Gasteiger partial charge < -0.3 is 15.8 Å². The molecule has 0 aliphatic heterocycles. The Morgan fingerprint density at radius 1 is 1.47 bits per heavy atom. The van der Waals surface area contributed by atoms with Gasteiger partial charge in [0.05, 0.1) is 12.3 Å². The van der Waals surface area contributed by atoms with Gasteiger partial charge in [-0.3, -0.25) is 4.79 Å². The van der Waals surface area contributed by atoms with Crippen molar-refractivity contribution in [1.82, 2.24) is 0 Å². The van der Waals surface area contributed by atoms with E-state index in [1.807, 2.05) is 32.0 Å². The highest BCUT2D eigenvalue weighted by atomic mass is 16.5. The molecule has 1 aromatic rings. The van der Waals surface area contributed by atoms with Gasteiger partial charge in [0.15, 0.2) is 0 Å². The number of aryl methyl sites for hydroxylation is 1. The lowest BCUT2D eigenvalue weighted by Crippen LogP contribution is -2.48. The highest BCUT2D eigenvalue weighted by Gasteiger charge is 2.34. The van der Waals surface area contributed by atoms with Gasteiger partial charge in [0.2, 0.25) is 5.91 Å². The lowest BCUT2D eigenvalue weighted by Gasteiger charge is -2.37. The van der Waals surface area contributed by atoms with Crippen LogP contribution in [0.1, 0.15) is 38.2 Å². The lowest BCUT2D eigenvalue weighted by atomic mass is 9.75. The standard InChI is InChI=1S/C15H22N2O2/c1-3-19-13-9-11(2)5-6-12(13)17-14(18)10-15(16)7-4-8-15/h5-6,9H,3-4,7-8,10,16H2,1-2H3,(H,17,18). The normalized spacial score (nSPS) is 16.6. The van der Waals surface area contributed by atoms with Crippen molar-refractivity contribution in [3.8, 4) is 5.75 Å². The first-order valence-corrected chi connectivity index (χ1v) is 6.84. The predicted octanol–water partition coefficient (Wildman–Crippen LogP) is 2.60. The van der Waals surface area contributed by atoms with Crippen molar-refractivity contribution in [3.05, 3.63) is 23.8 Å². The number of nitrogens with two attached hydrogens (primary N) is 1. The molecule has 0 unspecified atom stereocenters. The van der Waals surface area contributed by atoms with Gasteiger partial charge in [-0.2, -0.15) is 0 Å². The van der Waals surface area contributed by atoms with Crippen LogP contribution in [0.25, 0.3) is 0 Å². The lowest BCUT2D eigenvalue weighted by molar-refractivity contribution is -0.118. The zero-order chi connectivity index (χ0) is 13.9. The maximum atomic E-state index is 12.0. The van der Waals surface area contributed by atoms with E-state index in [4.69, 9.17) is 10.5 Å². The minimum Gasteiger partial charge on any atom is -0.492 e. The first kappa shape index (κ1) is 13.9. The summed E-state index contributed by atoms with van der Waals surface area (Å²) < 4.78 is 5.54. The summed E-state index contributed by atoms with van der Waals surface area (Å²) in [5.41, 5.74) is 7.62. The van der Waals surface area contributed by atoms with Crippen molar-refractivity contribution < 1.29 is 9.53 Å². The highest BCUT2D eigenvalue weighted by molar-refractivity contribution is 5.93. The van der Waals surface area contributed by atoms with Crippen LogP contribution >= 0.6 is 0 Å². The molecule has 1 fully saturated rings. The van der Waals surface area contributed by atoms with Gasteiger partial charge in [0.1, 0.15) is 5.75 Å². The van der Waals surface area contributed by atoms with Gasteiger partial charge in [0, 0.05) is 12.0 Å². The minimum absolute atomic E-state index is 0.0352. The molecule has 2 rings (SSSR count). The fourth-order valence-electron chi connectivity index (χ4n) is 2.33. The third kappa shape index (κ3) is 3.47. The van der Waals surface area contributed by atoms with Gasteiger partial charge >= 0.3 is 0 Å². The Bertz CT molecular complexity index is 467. The Hall–Kier alpha value is -1.55. The third-order valence-corrected chi connectivity index (χ3v) is 3.57. The van der Waals surface area contributed by atoms with Crippen molar-refractivity contribution in [2.45, 2.75) is 45.1 Å². The number of amides is 1. The van der Waals surface area contributed by atoms with Crippen LogP contribution in [-0.4, -0.2) is 18.1 Å². The number of carbonyl (C=O) groups is 1. The average molecular weight is 262 g/mol. The number of nitrogens with one attached hydrogen (secondary N) is 1. The summed E-state index contributed by atoms with van der Waals surface area (Å²) >= 11 is 0. The molecule has 3 N–H and O–H groups in total. The van der Waals surface area contributed by atoms with E-state index in [0.29, 0.717) is 13.0 Å². The first-order chi connectivity index (χ1) is 9.02. The Kier molecular flexibility index (Phi) is 4.10. The fraction of sp³-hybridized carbons (Fsp3) is 0.533. The van der Waals surface area contributed by atoms with E-state index in [2.05, 4.69) is 5.32 Å². The minimum atomic E-state index is -0.291. The van der Waals surface area contributed by atoms with Crippen molar-refractivity contribution in [2.24, 2.45) is 5.73 Å². The van der Waals surface area contributed by atoms with Crippen molar-refractivity contribution in [2.75, 3.05) is 11.9 Å². The molecule has 0 aromatic heterocycles. The summed E-state index contributed by atoms with van der Waals surface area (Å²) in [5.74, 6) is 0.683. The van der Waals surface area contributed by atoms with Crippen LogP contribution in [0.2, 0.25) is 0 Å². The van der Waals surface area contributed by atoms with Crippen molar-refractivity contribution in [3.63, 3.8) is 0 Å². The maximum Gasteiger partial charge on any atom is 0.226 e. The molecule has 1 aromatic carbocycles. The van der Waals surface area contributed by atoms with Crippen molar-refractivity contribution >= 4 is 11.6 Å². The topological polar surface area (TPSA) is 64.3 Å². The second-order valence-corrected chi connectivity index (χ2v) is 5.37. The molecule has 0 atom stereocenters. The molecule has 1 aliphatic carbocycles. The Morgan fingerprint density at radius 2 is 2.21 bits per heavy atom. The number of ether oxygens (including phenoxy) is 1. The molecule has 19 heavy (non-hydrogen) atoms. The molecule has 1 amide bonds. The molecule has 1 saturated carbocycles. The van der Waals surface area contributed by atoms with E-state index < -0.39 is 0 Å². The van der Waals surface area contributed by atoms with Crippen LogP contribution in [0.15, 0.2) is 18.2 Å². The maximum absolute atomic E-state index is 12.0. The third-order valence-electron chi connectivity index (χ3n) is 3.57. The molecular weight excluding hydrogens is 240 g/mol. The number of benzene rings is 1. The molecule has 0 saturated heterocycles. The largest absolute Gasteiger partial charge is 0.492 e. The second kappa shape index (κ2) is 5.61. The molecule has 0 bridgehead atoms. The number of hydrogen-bond donors (Lipinski definition) is 2. The summed E-state index contributed by atoms with van der Waals surface area (Å²) in [6.07, 6.45) is 3.38. The Balaban J connectivity index is 2.03. The number of rotatable bonds is 5. The van der Waals surface area contributed by atoms with Gasteiger partial charge in [-0.1, -0.05) is 6.07 Å². The summed E-state index contributed by atoms with van der Waals surface area (Å²) in [6, 6.07) is 5.77. The van der Waals surface area contributed by atoms with Crippen LogP contribution < -0.4 is 15.8 Å². The molecular formula is C15H22N2O2. The van der Waals surface area contributed by atoms with E-state index in [9.17, 15) is 4.79 Å². The van der Waals surface area contributed by atoms with E-state index in [1.54, 1.807) is 0 Å². The van der Waals surface area contributed by atoms with E-state index >= 15 is 0 Å². The summed E-state index contributed by atoms with van der Waals surface area (Å²) in [4.78, 5) is 12.0. The summed E-state index contributed by atoms with van der Waals surface area (Å²) in [7, 11) is 0. The van der Waals surface area contributed by atoms with Crippen LogP contribution in [-0.2, 0) is 4.79 Å². The molecule has 4 heteroatoms. The second-order valence-electron chi connectivity index (χ2n) is 5.37. The smallest absolute Gasteiger partial charge is 0.226 e. The zero-order valence-electron chi connectivity index (χ0n) is 11.7. The quantitative estimate of drug-likeness (QED) is 0.857. The molecule has 4 nitrogen and oxygen atoms in total. The molecule has 0 radical (unpaired) electrons. The van der Waals surface area contributed by atoms with Crippen LogP contribution in [0.3, 0.4) is 0 Å². The van der Waals surface area contributed by atoms with Gasteiger partial charge in [-0.05, 0) is 50.8 Å². The van der Waals surface area contributed by atoms with Crippen LogP contribution in [0.5, 0.6) is 5.75 Å². The zero-order valence-corrected chi connectivity index (χ0v) is 11.7. The van der Waals surface area contributed by atoms with Gasteiger partial charge in [-0.15, -0.1) is 0 Å². The Morgan fingerprint density at radius 3 is 2.79 bits per heavy atom. The number of carbonyl (C=O) groups excluding carboxylic acids is 1. The SMILES string of the molecule is CCOc1cc(C)ccc1NC(=O)CC1(N)CCC1. The van der Waals surface area contributed by atoms with E-state index in [-0.39, 0.29) is 11.4 Å². The molecule has 0 spiro atoms. The molecule has 0 heterocycles. The summed E-state index contributed by atoms with van der Waals surface area (Å²) in [5, 5.41) is 2.90.